The molecule has 5 nitrogen and oxygen atoms in total. The molecule has 0 saturated carbocycles. The molecule has 1 aromatic rings. The van der Waals surface area contributed by atoms with Crippen molar-refractivity contribution in [2.45, 2.75) is 25.3 Å². The Bertz CT molecular complexity index is 466. The van der Waals surface area contributed by atoms with Crippen molar-refractivity contribution in [2.24, 2.45) is 0 Å². The highest BCUT2D eigenvalue weighted by atomic mass is 16.2. The molecule has 0 radical (unpaired) electrons. The van der Waals surface area contributed by atoms with Gasteiger partial charge in [-0.1, -0.05) is 12.2 Å². The molecule has 2 aliphatic heterocycles. The number of amides is 1. The van der Waals surface area contributed by atoms with E-state index in [-0.39, 0.29) is 5.91 Å². The van der Waals surface area contributed by atoms with Gasteiger partial charge in [0.05, 0.1) is 0 Å². The summed E-state index contributed by atoms with van der Waals surface area (Å²) in [6.45, 7) is 3.93. The van der Waals surface area contributed by atoms with Crippen LogP contribution in [0.15, 0.2) is 24.4 Å². The standard InChI is InChI=1S/C14H20N4O/c19-14(17-8-1-2-9-17)11-18-13(5-7-16-18)12-4-3-6-15-10-12/h1-2,5,7,12,15H,3-4,6,8-11H2. The second kappa shape index (κ2) is 5.57. The Hall–Kier alpha value is -1.62. The van der Waals surface area contributed by atoms with Gasteiger partial charge in [-0.15, -0.1) is 0 Å². The lowest BCUT2D eigenvalue weighted by atomic mass is 9.96. The number of aromatic nitrogens is 2. The summed E-state index contributed by atoms with van der Waals surface area (Å²) in [5.74, 6) is 0.638. The van der Waals surface area contributed by atoms with E-state index in [2.05, 4.69) is 10.4 Å². The summed E-state index contributed by atoms with van der Waals surface area (Å²) in [5.41, 5.74) is 1.19. The van der Waals surface area contributed by atoms with Crippen molar-refractivity contribution in [3.63, 3.8) is 0 Å². The van der Waals surface area contributed by atoms with Gasteiger partial charge < -0.3 is 10.2 Å². The molecule has 1 amide bonds. The predicted octanol–water partition coefficient (Wildman–Crippen LogP) is 0.748. The van der Waals surface area contributed by atoms with Crippen LogP contribution in [0.25, 0.3) is 0 Å². The third-order valence-corrected chi connectivity index (χ3v) is 3.92. The first-order valence-corrected chi connectivity index (χ1v) is 7.00. The van der Waals surface area contributed by atoms with Crippen molar-refractivity contribution in [1.82, 2.24) is 20.0 Å². The highest BCUT2D eigenvalue weighted by Crippen LogP contribution is 2.22. The van der Waals surface area contributed by atoms with Gasteiger partial charge in [0.15, 0.2) is 0 Å². The predicted molar refractivity (Wildman–Crippen MR) is 72.8 cm³/mol. The van der Waals surface area contributed by atoms with Crippen LogP contribution < -0.4 is 5.32 Å². The van der Waals surface area contributed by atoms with E-state index in [1.165, 1.54) is 18.5 Å². The van der Waals surface area contributed by atoms with Crippen molar-refractivity contribution in [3.8, 4) is 0 Å². The summed E-state index contributed by atoms with van der Waals surface area (Å²) in [7, 11) is 0. The second-order valence-corrected chi connectivity index (χ2v) is 5.23. The molecule has 1 N–H and O–H groups in total. The average Bonchev–Trinajstić information content (AvgIpc) is 3.11. The zero-order chi connectivity index (χ0) is 13.1. The van der Waals surface area contributed by atoms with Crippen LogP contribution >= 0.6 is 0 Å². The van der Waals surface area contributed by atoms with Gasteiger partial charge in [0.2, 0.25) is 5.91 Å². The lowest BCUT2D eigenvalue weighted by molar-refractivity contribution is -0.130. The number of hydrogen-bond acceptors (Lipinski definition) is 3. The van der Waals surface area contributed by atoms with E-state index in [0.717, 1.165) is 26.2 Å². The number of rotatable bonds is 3. The van der Waals surface area contributed by atoms with Crippen molar-refractivity contribution in [1.29, 1.82) is 0 Å². The molecule has 1 atom stereocenters. The zero-order valence-electron chi connectivity index (χ0n) is 11.1. The SMILES string of the molecule is O=C(Cn1nccc1C1CCCNC1)N1CC=CC1. The number of carbonyl (C=O) groups is 1. The van der Waals surface area contributed by atoms with Crippen LogP contribution in [0.5, 0.6) is 0 Å². The summed E-state index contributed by atoms with van der Waals surface area (Å²) in [4.78, 5) is 14.0. The highest BCUT2D eigenvalue weighted by molar-refractivity contribution is 5.76. The minimum absolute atomic E-state index is 0.152. The fourth-order valence-corrected chi connectivity index (χ4v) is 2.84. The lowest BCUT2D eigenvalue weighted by Gasteiger charge is -2.24. The number of nitrogens with one attached hydrogen (secondary N) is 1. The normalized spacial score (nSPS) is 22.9. The van der Waals surface area contributed by atoms with Crippen molar-refractivity contribution in [2.75, 3.05) is 26.2 Å². The van der Waals surface area contributed by atoms with Crippen LogP contribution in [-0.4, -0.2) is 46.8 Å². The second-order valence-electron chi connectivity index (χ2n) is 5.23. The molecule has 5 heteroatoms. The summed E-state index contributed by atoms with van der Waals surface area (Å²) >= 11 is 0. The molecule has 0 bridgehead atoms. The Morgan fingerprint density at radius 1 is 1.42 bits per heavy atom. The van der Waals surface area contributed by atoms with Crippen LogP contribution in [0.3, 0.4) is 0 Å². The number of piperidine rings is 1. The van der Waals surface area contributed by atoms with Crippen molar-refractivity contribution < 1.29 is 4.79 Å². The lowest BCUT2D eigenvalue weighted by Crippen LogP contribution is -2.34. The molecule has 1 unspecified atom stereocenters. The van der Waals surface area contributed by atoms with E-state index in [1.807, 2.05) is 27.8 Å². The van der Waals surface area contributed by atoms with E-state index in [4.69, 9.17) is 0 Å². The molecule has 0 aliphatic carbocycles. The van der Waals surface area contributed by atoms with E-state index >= 15 is 0 Å². The third-order valence-electron chi connectivity index (χ3n) is 3.92. The van der Waals surface area contributed by atoms with Crippen LogP contribution in [0.4, 0.5) is 0 Å². The smallest absolute Gasteiger partial charge is 0.244 e. The van der Waals surface area contributed by atoms with Gasteiger partial charge >= 0.3 is 0 Å². The Kier molecular flexibility index (Phi) is 3.64. The fraction of sp³-hybridized carbons (Fsp3) is 0.571. The van der Waals surface area contributed by atoms with E-state index in [1.54, 1.807) is 6.20 Å². The van der Waals surface area contributed by atoms with Crippen LogP contribution in [0.2, 0.25) is 0 Å². The zero-order valence-corrected chi connectivity index (χ0v) is 11.1. The van der Waals surface area contributed by atoms with Gasteiger partial charge in [-0.25, -0.2) is 0 Å². The molecule has 19 heavy (non-hydrogen) atoms. The van der Waals surface area contributed by atoms with Gasteiger partial charge in [-0.2, -0.15) is 5.10 Å². The van der Waals surface area contributed by atoms with Gasteiger partial charge in [0.25, 0.3) is 0 Å². The topological polar surface area (TPSA) is 50.2 Å². The average molecular weight is 260 g/mol. The van der Waals surface area contributed by atoms with Crippen molar-refractivity contribution in [3.05, 3.63) is 30.1 Å². The maximum absolute atomic E-state index is 12.2. The van der Waals surface area contributed by atoms with Crippen LogP contribution in [0, 0.1) is 0 Å². The van der Waals surface area contributed by atoms with E-state index in [0.29, 0.717) is 12.5 Å². The van der Waals surface area contributed by atoms with E-state index < -0.39 is 0 Å². The molecule has 1 aromatic heterocycles. The Morgan fingerprint density at radius 3 is 3.00 bits per heavy atom. The molecule has 2 aliphatic rings. The van der Waals surface area contributed by atoms with Gasteiger partial charge in [0, 0.05) is 37.4 Å². The number of nitrogens with zero attached hydrogens (tertiary/aromatic N) is 3. The molecule has 102 valence electrons. The highest BCUT2D eigenvalue weighted by Gasteiger charge is 2.21. The molecule has 0 spiro atoms. The maximum atomic E-state index is 12.2. The molecule has 3 heterocycles. The van der Waals surface area contributed by atoms with Gasteiger partial charge in [0.1, 0.15) is 6.54 Å². The first-order valence-electron chi connectivity index (χ1n) is 7.00. The van der Waals surface area contributed by atoms with Gasteiger partial charge in [-0.3, -0.25) is 9.48 Å². The molecular weight excluding hydrogens is 240 g/mol. The molecule has 1 fully saturated rings. The number of hydrogen-bond donors (Lipinski definition) is 1. The van der Waals surface area contributed by atoms with Crippen molar-refractivity contribution >= 4 is 5.91 Å². The van der Waals surface area contributed by atoms with Crippen LogP contribution in [-0.2, 0) is 11.3 Å². The Morgan fingerprint density at radius 2 is 2.26 bits per heavy atom. The summed E-state index contributed by atoms with van der Waals surface area (Å²) in [5, 5.41) is 7.74. The minimum Gasteiger partial charge on any atom is -0.334 e. The van der Waals surface area contributed by atoms with E-state index in [9.17, 15) is 4.79 Å². The molecule has 0 aromatic carbocycles. The molecular formula is C14H20N4O. The quantitative estimate of drug-likeness (QED) is 0.816. The third kappa shape index (κ3) is 2.71. The molecule has 1 saturated heterocycles. The minimum atomic E-state index is 0.152. The molecule has 3 rings (SSSR count). The largest absolute Gasteiger partial charge is 0.334 e. The summed E-state index contributed by atoms with van der Waals surface area (Å²) in [6.07, 6.45) is 8.25. The van der Waals surface area contributed by atoms with Crippen LogP contribution in [0.1, 0.15) is 24.5 Å². The van der Waals surface area contributed by atoms with Gasteiger partial charge in [-0.05, 0) is 25.5 Å². The maximum Gasteiger partial charge on any atom is 0.244 e. The first-order chi connectivity index (χ1) is 9.34. The number of carbonyl (C=O) groups excluding carboxylic acids is 1. The summed E-state index contributed by atoms with van der Waals surface area (Å²) < 4.78 is 1.87. The fourth-order valence-electron chi connectivity index (χ4n) is 2.84. The monoisotopic (exact) mass is 260 g/mol. The summed E-state index contributed by atoms with van der Waals surface area (Å²) in [6, 6.07) is 2.05. The first kappa shape index (κ1) is 12.4. The Balaban J connectivity index is 1.67. The Labute approximate surface area is 113 Å².